The SMILES string of the molecule is COC[C@H]1CC[C@H]1NC(=O)Cc1c[nH]c2cc(F)ccc12. The molecule has 2 N–H and O–H groups in total. The molecule has 0 saturated heterocycles. The zero-order chi connectivity index (χ0) is 14.8. The lowest BCUT2D eigenvalue weighted by molar-refractivity contribution is -0.122. The molecule has 0 aliphatic heterocycles. The Morgan fingerprint density at radius 1 is 1.48 bits per heavy atom. The number of aromatic nitrogens is 1. The van der Waals surface area contributed by atoms with Gasteiger partial charge < -0.3 is 15.0 Å². The van der Waals surface area contributed by atoms with Crippen LogP contribution in [0.15, 0.2) is 24.4 Å². The summed E-state index contributed by atoms with van der Waals surface area (Å²) in [4.78, 5) is 15.1. The van der Waals surface area contributed by atoms with Crippen LogP contribution in [-0.4, -0.2) is 30.6 Å². The Morgan fingerprint density at radius 3 is 3.05 bits per heavy atom. The summed E-state index contributed by atoms with van der Waals surface area (Å²) in [5.74, 6) is 0.152. The first kappa shape index (κ1) is 14.1. The Hall–Kier alpha value is -1.88. The van der Waals surface area contributed by atoms with Crippen LogP contribution < -0.4 is 5.32 Å². The van der Waals surface area contributed by atoms with Crippen LogP contribution in [0, 0.1) is 11.7 Å². The molecule has 3 rings (SSSR count). The smallest absolute Gasteiger partial charge is 0.224 e. The fourth-order valence-electron chi connectivity index (χ4n) is 2.91. The van der Waals surface area contributed by atoms with Crippen LogP contribution in [0.5, 0.6) is 0 Å². The zero-order valence-corrected chi connectivity index (χ0v) is 12.0. The second kappa shape index (κ2) is 5.85. The van der Waals surface area contributed by atoms with Crippen molar-refractivity contribution in [1.82, 2.24) is 10.3 Å². The Labute approximate surface area is 122 Å². The summed E-state index contributed by atoms with van der Waals surface area (Å²) in [5, 5.41) is 3.96. The number of aromatic amines is 1. The van der Waals surface area contributed by atoms with Gasteiger partial charge in [0.2, 0.25) is 5.91 Å². The number of halogens is 1. The average Bonchev–Trinajstić information content (AvgIpc) is 2.83. The third-order valence-corrected chi connectivity index (χ3v) is 4.23. The third kappa shape index (κ3) is 2.93. The highest BCUT2D eigenvalue weighted by molar-refractivity contribution is 5.89. The zero-order valence-electron chi connectivity index (χ0n) is 12.0. The van der Waals surface area contributed by atoms with E-state index in [2.05, 4.69) is 10.3 Å². The van der Waals surface area contributed by atoms with Crippen molar-refractivity contribution < 1.29 is 13.9 Å². The van der Waals surface area contributed by atoms with E-state index in [9.17, 15) is 9.18 Å². The molecule has 1 heterocycles. The first-order chi connectivity index (χ1) is 10.2. The topological polar surface area (TPSA) is 54.1 Å². The highest BCUT2D eigenvalue weighted by Gasteiger charge is 2.31. The molecule has 4 nitrogen and oxygen atoms in total. The predicted octanol–water partition coefficient (Wildman–Crippen LogP) is 2.39. The number of amides is 1. The molecule has 112 valence electrons. The predicted molar refractivity (Wildman–Crippen MR) is 78.5 cm³/mol. The molecule has 2 aromatic rings. The molecule has 1 aromatic carbocycles. The lowest BCUT2D eigenvalue weighted by atomic mass is 9.80. The first-order valence-electron chi connectivity index (χ1n) is 7.21. The van der Waals surface area contributed by atoms with Gasteiger partial charge in [0.05, 0.1) is 13.0 Å². The van der Waals surface area contributed by atoms with E-state index in [1.54, 1.807) is 19.4 Å². The van der Waals surface area contributed by atoms with Gasteiger partial charge in [0.1, 0.15) is 5.82 Å². The van der Waals surface area contributed by atoms with Crippen molar-refractivity contribution in [3.8, 4) is 0 Å². The van der Waals surface area contributed by atoms with Crippen LogP contribution in [-0.2, 0) is 16.0 Å². The number of rotatable bonds is 5. The molecule has 1 amide bonds. The van der Waals surface area contributed by atoms with Crippen LogP contribution in [0.25, 0.3) is 10.9 Å². The molecule has 2 atom stereocenters. The van der Waals surface area contributed by atoms with Gasteiger partial charge in [-0.3, -0.25) is 4.79 Å². The average molecular weight is 290 g/mol. The first-order valence-corrected chi connectivity index (χ1v) is 7.21. The Morgan fingerprint density at radius 2 is 2.33 bits per heavy atom. The van der Waals surface area contributed by atoms with Crippen molar-refractivity contribution in [3.05, 3.63) is 35.8 Å². The van der Waals surface area contributed by atoms with E-state index >= 15 is 0 Å². The highest BCUT2D eigenvalue weighted by atomic mass is 19.1. The van der Waals surface area contributed by atoms with Crippen molar-refractivity contribution in [2.45, 2.75) is 25.3 Å². The third-order valence-electron chi connectivity index (χ3n) is 4.23. The summed E-state index contributed by atoms with van der Waals surface area (Å²) in [6, 6.07) is 4.79. The van der Waals surface area contributed by atoms with Gasteiger partial charge in [-0.15, -0.1) is 0 Å². The normalized spacial score (nSPS) is 21.2. The molecular weight excluding hydrogens is 271 g/mol. The second-order valence-electron chi connectivity index (χ2n) is 5.65. The number of hydrogen-bond donors (Lipinski definition) is 2. The van der Waals surface area contributed by atoms with Crippen molar-refractivity contribution in [1.29, 1.82) is 0 Å². The van der Waals surface area contributed by atoms with Gasteiger partial charge in [-0.1, -0.05) is 0 Å². The van der Waals surface area contributed by atoms with E-state index in [1.807, 2.05) is 0 Å². The van der Waals surface area contributed by atoms with Gasteiger partial charge in [-0.2, -0.15) is 0 Å². The standard InChI is InChI=1S/C16H19FN2O2/c1-21-9-10-2-5-14(10)19-16(20)6-11-8-18-15-7-12(17)3-4-13(11)15/h3-4,7-8,10,14,18H,2,5-6,9H2,1H3,(H,19,20)/t10-,14-/m1/s1. The number of hydrogen-bond acceptors (Lipinski definition) is 2. The fourth-order valence-corrected chi connectivity index (χ4v) is 2.91. The number of ether oxygens (including phenoxy) is 1. The van der Waals surface area contributed by atoms with E-state index < -0.39 is 0 Å². The molecule has 0 bridgehead atoms. The summed E-state index contributed by atoms with van der Waals surface area (Å²) < 4.78 is 18.3. The molecule has 1 saturated carbocycles. The number of nitrogens with one attached hydrogen (secondary N) is 2. The summed E-state index contributed by atoms with van der Waals surface area (Å²) in [6.07, 6.45) is 4.20. The van der Waals surface area contributed by atoms with Gasteiger partial charge in [0.15, 0.2) is 0 Å². The maximum atomic E-state index is 13.1. The van der Waals surface area contributed by atoms with Crippen molar-refractivity contribution in [3.63, 3.8) is 0 Å². The lowest BCUT2D eigenvalue weighted by Crippen LogP contribution is -2.48. The number of carbonyl (C=O) groups excluding carboxylic acids is 1. The van der Waals surface area contributed by atoms with Crippen molar-refractivity contribution in [2.75, 3.05) is 13.7 Å². The van der Waals surface area contributed by atoms with E-state index in [4.69, 9.17) is 4.74 Å². The fraction of sp³-hybridized carbons (Fsp3) is 0.438. The van der Waals surface area contributed by atoms with E-state index in [0.29, 0.717) is 18.9 Å². The molecule has 0 unspecified atom stereocenters. The molecule has 1 fully saturated rings. The highest BCUT2D eigenvalue weighted by Crippen LogP contribution is 2.27. The molecule has 1 aromatic heterocycles. The number of methoxy groups -OCH3 is 1. The van der Waals surface area contributed by atoms with E-state index in [0.717, 1.165) is 29.3 Å². The summed E-state index contributed by atoms with van der Waals surface area (Å²) >= 11 is 0. The molecular formula is C16H19FN2O2. The van der Waals surface area contributed by atoms with Crippen LogP contribution >= 0.6 is 0 Å². The molecule has 1 aliphatic carbocycles. The molecule has 0 spiro atoms. The molecule has 0 radical (unpaired) electrons. The van der Waals surface area contributed by atoms with Crippen LogP contribution in [0.1, 0.15) is 18.4 Å². The molecule has 21 heavy (non-hydrogen) atoms. The number of benzene rings is 1. The van der Waals surface area contributed by atoms with Crippen LogP contribution in [0.2, 0.25) is 0 Å². The monoisotopic (exact) mass is 290 g/mol. The number of carbonyl (C=O) groups is 1. The van der Waals surface area contributed by atoms with Crippen LogP contribution in [0.3, 0.4) is 0 Å². The van der Waals surface area contributed by atoms with E-state index in [1.165, 1.54) is 12.1 Å². The Bertz CT molecular complexity index is 653. The largest absolute Gasteiger partial charge is 0.384 e. The summed E-state index contributed by atoms with van der Waals surface area (Å²) in [7, 11) is 1.68. The summed E-state index contributed by atoms with van der Waals surface area (Å²) in [6.45, 7) is 0.692. The van der Waals surface area contributed by atoms with Gasteiger partial charge in [-0.25, -0.2) is 4.39 Å². The van der Waals surface area contributed by atoms with Crippen molar-refractivity contribution >= 4 is 16.8 Å². The Balaban J connectivity index is 1.64. The van der Waals surface area contributed by atoms with Crippen molar-refractivity contribution in [2.24, 2.45) is 5.92 Å². The minimum absolute atomic E-state index is 0.00558. The number of fused-ring (bicyclic) bond motifs is 1. The quantitative estimate of drug-likeness (QED) is 0.888. The maximum absolute atomic E-state index is 13.1. The second-order valence-corrected chi connectivity index (χ2v) is 5.65. The minimum Gasteiger partial charge on any atom is -0.384 e. The molecule has 1 aliphatic rings. The number of H-pyrrole nitrogens is 1. The van der Waals surface area contributed by atoms with Gasteiger partial charge >= 0.3 is 0 Å². The van der Waals surface area contributed by atoms with Crippen LogP contribution in [0.4, 0.5) is 4.39 Å². The van der Waals surface area contributed by atoms with Gasteiger partial charge in [0, 0.05) is 36.2 Å². The maximum Gasteiger partial charge on any atom is 0.224 e. The van der Waals surface area contributed by atoms with E-state index in [-0.39, 0.29) is 17.8 Å². The van der Waals surface area contributed by atoms with Gasteiger partial charge in [0.25, 0.3) is 0 Å². The lowest BCUT2D eigenvalue weighted by Gasteiger charge is -2.36. The molecule has 5 heteroatoms. The minimum atomic E-state index is -0.280. The van der Waals surface area contributed by atoms with Gasteiger partial charge in [-0.05, 0) is 36.6 Å². The summed E-state index contributed by atoms with van der Waals surface area (Å²) in [5.41, 5.74) is 1.61. The Kier molecular flexibility index (Phi) is 3.92.